The summed E-state index contributed by atoms with van der Waals surface area (Å²) < 4.78 is 15.2. The van der Waals surface area contributed by atoms with E-state index in [1.165, 1.54) is 12.1 Å². The van der Waals surface area contributed by atoms with Gasteiger partial charge in [-0.2, -0.15) is 0 Å². The van der Waals surface area contributed by atoms with E-state index in [2.05, 4.69) is 20.3 Å². The fourth-order valence-electron chi connectivity index (χ4n) is 2.89. The summed E-state index contributed by atoms with van der Waals surface area (Å²) in [5.41, 5.74) is 9.35. The molecule has 0 unspecified atom stereocenters. The van der Waals surface area contributed by atoms with Crippen molar-refractivity contribution in [3.63, 3.8) is 0 Å². The summed E-state index contributed by atoms with van der Waals surface area (Å²) >= 11 is 0. The number of rotatable bonds is 3. The molecule has 3 heterocycles. The third-order valence-electron chi connectivity index (χ3n) is 4.15. The number of carbonyl (C=O) groups is 1. The van der Waals surface area contributed by atoms with Crippen LogP contribution in [0.4, 0.5) is 10.3 Å². The van der Waals surface area contributed by atoms with E-state index in [4.69, 9.17) is 5.73 Å². The van der Waals surface area contributed by atoms with Crippen LogP contribution in [0.25, 0.3) is 28.3 Å². The molecule has 7 nitrogen and oxygen atoms in total. The lowest BCUT2D eigenvalue weighted by Gasteiger charge is -2.06. The van der Waals surface area contributed by atoms with Crippen molar-refractivity contribution in [2.45, 2.75) is 0 Å². The number of hydrogen-bond acceptors (Lipinski definition) is 5. The van der Waals surface area contributed by atoms with Gasteiger partial charge in [0.1, 0.15) is 11.5 Å². The minimum absolute atomic E-state index is 0.134. The molecule has 0 saturated heterocycles. The first kappa shape index (κ1) is 16.6. The number of nitrogen functional groups attached to an aromatic ring is 1. The molecule has 134 valence electrons. The highest BCUT2D eigenvalue weighted by Gasteiger charge is 2.18. The number of hydrogen-bond donors (Lipinski definition) is 2. The summed E-state index contributed by atoms with van der Waals surface area (Å²) in [5, 5.41) is 2.59. The first-order valence-electron chi connectivity index (χ1n) is 8.16. The quantitative estimate of drug-likeness (QED) is 0.584. The highest BCUT2D eigenvalue weighted by atomic mass is 19.1. The number of fused-ring (bicyclic) bond motifs is 1. The Morgan fingerprint density at radius 2 is 1.93 bits per heavy atom. The molecule has 4 aromatic rings. The van der Waals surface area contributed by atoms with Crippen LogP contribution in [0.1, 0.15) is 10.4 Å². The van der Waals surface area contributed by atoms with Gasteiger partial charge in [-0.1, -0.05) is 0 Å². The van der Waals surface area contributed by atoms with Crippen molar-refractivity contribution in [2.24, 2.45) is 0 Å². The minimum Gasteiger partial charge on any atom is -0.368 e. The molecule has 0 radical (unpaired) electrons. The zero-order valence-corrected chi connectivity index (χ0v) is 14.3. The summed E-state index contributed by atoms with van der Waals surface area (Å²) in [6.07, 6.45) is 3.30. The van der Waals surface area contributed by atoms with E-state index >= 15 is 0 Å². The number of nitrogens with two attached hydrogens (primary N) is 1. The second-order valence-electron chi connectivity index (χ2n) is 5.84. The number of aromatic nitrogens is 4. The normalized spacial score (nSPS) is 10.9. The first-order valence-corrected chi connectivity index (χ1v) is 8.16. The van der Waals surface area contributed by atoms with Crippen LogP contribution >= 0.6 is 0 Å². The van der Waals surface area contributed by atoms with E-state index in [-0.39, 0.29) is 17.7 Å². The van der Waals surface area contributed by atoms with Gasteiger partial charge in [-0.05, 0) is 42.5 Å². The average molecular weight is 362 g/mol. The SMILES string of the molecule is CNC(=O)c1ccn2c(-c3ccnc(N)n3)c(-c3ccc(F)cc3)nc2c1. The van der Waals surface area contributed by atoms with E-state index in [0.717, 1.165) is 0 Å². The van der Waals surface area contributed by atoms with Gasteiger partial charge in [0.25, 0.3) is 5.91 Å². The van der Waals surface area contributed by atoms with Crippen molar-refractivity contribution in [1.82, 2.24) is 24.7 Å². The smallest absolute Gasteiger partial charge is 0.251 e. The van der Waals surface area contributed by atoms with Gasteiger partial charge < -0.3 is 11.1 Å². The predicted octanol–water partition coefficient (Wildman–Crippen LogP) is 2.54. The third-order valence-corrected chi connectivity index (χ3v) is 4.15. The van der Waals surface area contributed by atoms with Crippen molar-refractivity contribution < 1.29 is 9.18 Å². The predicted molar refractivity (Wildman–Crippen MR) is 99.4 cm³/mol. The van der Waals surface area contributed by atoms with Crippen LogP contribution in [0.5, 0.6) is 0 Å². The summed E-state index contributed by atoms with van der Waals surface area (Å²) in [7, 11) is 1.57. The molecule has 0 atom stereocenters. The maximum atomic E-state index is 13.4. The molecule has 0 aliphatic heterocycles. The van der Waals surface area contributed by atoms with E-state index in [9.17, 15) is 9.18 Å². The maximum absolute atomic E-state index is 13.4. The van der Waals surface area contributed by atoms with E-state index in [1.807, 2.05) is 4.40 Å². The summed E-state index contributed by atoms with van der Waals surface area (Å²) in [5.74, 6) is -0.414. The lowest BCUT2D eigenvalue weighted by Crippen LogP contribution is -2.17. The molecule has 3 aromatic heterocycles. The van der Waals surface area contributed by atoms with Crippen LogP contribution in [0.3, 0.4) is 0 Å². The van der Waals surface area contributed by atoms with Crippen LogP contribution in [-0.2, 0) is 0 Å². The van der Waals surface area contributed by atoms with Gasteiger partial charge in [-0.3, -0.25) is 9.20 Å². The van der Waals surface area contributed by atoms with Gasteiger partial charge in [-0.15, -0.1) is 0 Å². The van der Waals surface area contributed by atoms with Crippen LogP contribution < -0.4 is 11.1 Å². The van der Waals surface area contributed by atoms with Crippen molar-refractivity contribution in [1.29, 1.82) is 0 Å². The lowest BCUT2D eigenvalue weighted by atomic mass is 10.1. The Kier molecular flexibility index (Phi) is 4.00. The minimum atomic E-state index is -0.336. The number of anilines is 1. The molecule has 0 fully saturated rings. The largest absolute Gasteiger partial charge is 0.368 e. The molecule has 1 amide bonds. The highest BCUT2D eigenvalue weighted by molar-refractivity contribution is 5.95. The van der Waals surface area contributed by atoms with Crippen molar-refractivity contribution >= 4 is 17.5 Å². The van der Waals surface area contributed by atoms with Crippen molar-refractivity contribution in [3.05, 3.63) is 66.2 Å². The Labute approximate surface area is 153 Å². The molecule has 4 rings (SSSR count). The number of nitrogens with one attached hydrogen (secondary N) is 1. The monoisotopic (exact) mass is 362 g/mol. The number of pyridine rings is 1. The molecule has 0 bridgehead atoms. The molecular weight excluding hydrogens is 347 g/mol. The molecular formula is C19H15FN6O. The molecule has 27 heavy (non-hydrogen) atoms. The van der Waals surface area contributed by atoms with Crippen LogP contribution in [0.15, 0.2) is 54.9 Å². The number of benzene rings is 1. The van der Waals surface area contributed by atoms with E-state index < -0.39 is 0 Å². The summed E-state index contributed by atoms with van der Waals surface area (Å²) in [6, 6.07) is 11.1. The topological polar surface area (TPSA) is 98.2 Å². The fourth-order valence-corrected chi connectivity index (χ4v) is 2.89. The van der Waals surface area contributed by atoms with Gasteiger partial charge in [-0.25, -0.2) is 19.3 Å². The van der Waals surface area contributed by atoms with E-state index in [0.29, 0.717) is 33.9 Å². The molecule has 3 N–H and O–H groups in total. The highest BCUT2D eigenvalue weighted by Crippen LogP contribution is 2.32. The lowest BCUT2D eigenvalue weighted by molar-refractivity contribution is 0.0963. The molecule has 0 spiro atoms. The molecule has 1 aromatic carbocycles. The Morgan fingerprint density at radius 3 is 2.63 bits per heavy atom. The second-order valence-corrected chi connectivity index (χ2v) is 5.84. The number of halogens is 1. The fraction of sp³-hybridized carbons (Fsp3) is 0.0526. The Hall–Kier alpha value is -3.81. The van der Waals surface area contributed by atoms with Crippen molar-refractivity contribution in [3.8, 4) is 22.6 Å². The summed E-state index contributed by atoms with van der Waals surface area (Å²) in [4.78, 5) is 24.8. The van der Waals surface area contributed by atoms with Crippen molar-refractivity contribution in [2.75, 3.05) is 12.8 Å². The van der Waals surface area contributed by atoms with Gasteiger partial charge in [0.15, 0.2) is 0 Å². The van der Waals surface area contributed by atoms with Gasteiger partial charge in [0.05, 0.1) is 17.1 Å². The Morgan fingerprint density at radius 1 is 1.15 bits per heavy atom. The second kappa shape index (κ2) is 6.49. The van der Waals surface area contributed by atoms with Crippen LogP contribution in [0.2, 0.25) is 0 Å². The van der Waals surface area contributed by atoms with Crippen LogP contribution in [0, 0.1) is 5.82 Å². The number of nitrogens with zero attached hydrogens (tertiary/aromatic N) is 4. The Balaban J connectivity index is 2.00. The summed E-state index contributed by atoms with van der Waals surface area (Å²) in [6.45, 7) is 0. The van der Waals surface area contributed by atoms with Crippen LogP contribution in [-0.4, -0.2) is 32.3 Å². The zero-order valence-electron chi connectivity index (χ0n) is 14.3. The molecule has 0 aliphatic rings. The average Bonchev–Trinajstić information content (AvgIpc) is 3.06. The maximum Gasteiger partial charge on any atom is 0.251 e. The third kappa shape index (κ3) is 2.97. The Bertz CT molecular complexity index is 1150. The molecule has 0 aliphatic carbocycles. The van der Waals surface area contributed by atoms with Gasteiger partial charge in [0, 0.05) is 30.6 Å². The number of imidazole rings is 1. The van der Waals surface area contributed by atoms with Gasteiger partial charge >= 0.3 is 0 Å². The first-order chi connectivity index (χ1) is 13.1. The van der Waals surface area contributed by atoms with E-state index in [1.54, 1.807) is 49.8 Å². The standard InChI is InChI=1S/C19H15FN6O/c1-22-18(27)12-7-9-26-15(10-12)25-16(11-2-4-13(20)5-3-11)17(26)14-6-8-23-19(21)24-14/h2-10H,1H3,(H,22,27)(H2,21,23,24). The number of carbonyl (C=O) groups excluding carboxylic acids is 1. The zero-order chi connectivity index (χ0) is 19.0. The molecule has 0 saturated carbocycles. The van der Waals surface area contributed by atoms with Gasteiger partial charge in [0.2, 0.25) is 5.95 Å². The molecule has 8 heteroatoms. The number of amides is 1.